The summed E-state index contributed by atoms with van der Waals surface area (Å²) in [6, 6.07) is 7.91. The van der Waals surface area contributed by atoms with Gasteiger partial charge in [-0.3, -0.25) is 0 Å². The zero-order valence-corrected chi connectivity index (χ0v) is 18.8. The average molecular weight is 487 g/mol. The minimum Gasteiger partial charge on any atom is -0.496 e. The molecule has 0 aliphatic heterocycles. The molecule has 150 valence electrons. The van der Waals surface area contributed by atoms with Gasteiger partial charge in [0.2, 0.25) is 5.89 Å². The van der Waals surface area contributed by atoms with Crippen LogP contribution in [0.1, 0.15) is 50.4 Å². The highest BCUT2D eigenvalue weighted by Gasteiger charge is 2.09. The summed E-state index contributed by atoms with van der Waals surface area (Å²) in [7, 11) is 1.67. The Hall–Kier alpha value is -1.84. The highest BCUT2D eigenvalue weighted by Crippen LogP contribution is 2.17. The van der Waals surface area contributed by atoms with Crippen LogP contribution < -0.4 is 15.4 Å². The minimum absolute atomic E-state index is 0. The van der Waals surface area contributed by atoms with Crippen LogP contribution in [0.2, 0.25) is 0 Å². The van der Waals surface area contributed by atoms with E-state index in [1.54, 1.807) is 7.11 Å². The Morgan fingerprint density at radius 3 is 2.70 bits per heavy atom. The predicted octanol–water partition coefficient (Wildman–Crippen LogP) is 3.51. The van der Waals surface area contributed by atoms with E-state index in [0.29, 0.717) is 12.4 Å². The normalized spacial score (nSPS) is 11.2. The zero-order valence-electron chi connectivity index (χ0n) is 16.5. The van der Waals surface area contributed by atoms with Crippen molar-refractivity contribution in [1.82, 2.24) is 20.8 Å². The smallest absolute Gasteiger partial charge is 0.226 e. The summed E-state index contributed by atoms with van der Waals surface area (Å²) in [5, 5.41) is 10.6. The summed E-state index contributed by atoms with van der Waals surface area (Å²) in [6.45, 7) is 8.29. The van der Waals surface area contributed by atoms with Gasteiger partial charge in [-0.05, 0) is 19.4 Å². The van der Waals surface area contributed by atoms with Crippen LogP contribution in [-0.2, 0) is 13.0 Å². The number of hydrogen-bond acceptors (Lipinski definition) is 5. The first-order valence-corrected chi connectivity index (χ1v) is 9.10. The van der Waals surface area contributed by atoms with E-state index in [2.05, 4.69) is 39.6 Å². The molecule has 27 heavy (non-hydrogen) atoms. The lowest BCUT2D eigenvalue weighted by Crippen LogP contribution is -2.37. The number of aliphatic imine (C=N–C) groups is 1. The summed E-state index contributed by atoms with van der Waals surface area (Å²) >= 11 is 0. The van der Waals surface area contributed by atoms with Crippen molar-refractivity contribution in [3.05, 3.63) is 41.5 Å². The van der Waals surface area contributed by atoms with Gasteiger partial charge in [0.25, 0.3) is 0 Å². The van der Waals surface area contributed by atoms with Crippen LogP contribution in [0, 0.1) is 0 Å². The predicted molar refractivity (Wildman–Crippen MR) is 118 cm³/mol. The maximum absolute atomic E-state index is 5.37. The SMILES string of the molecule is CCNC(=NCc1ccccc1OC)NCCCc1nc(C(C)C)no1.I. The number of aryl methyl sites for hydroxylation is 1. The second kappa shape index (κ2) is 12.5. The minimum atomic E-state index is 0. The van der Waals surface area contributed by atoms with E-state index in [-0.39, 0.29) is 29.9 Å². The molecule has 0 amide bonds. The Labute approximate surface area is 178 Å². The third-order valence-electron chi connectivity index (χ3n) is 3.80. The van der Waals surface area contributed by atoms with E-state index in [4.69, 9.17) is 9.26 Å². The maximum Gasteiger partial charge on any atom is 0.226 e. The third kappa shape index (κ3) is 7.74. The fourth-order valence-corrected chi connectivity index (χ4v) is 2.39. The van der Waals surface area contributed by atoms with Crippen molar-refractivity contribution in [2.24, 2.45) is 4.99 Å². The fraction of sp³-hybridized carbons (Fsp3) is 0.526. The number of guanidine groups is 1. The topological polar surface area (TPSA) is 84.6 Å². The Morgan fingerprint density at radius 2 is 2.04 bits per heavy atom. The van der Waals surface area contributed by atoms with E-state index in [1.807, 2.05) is 31.2 Å². The Morgan fingerprint density at radius 1 is 1.26 bits per heavy atom. The van der Waals surface area contributed by atoms with Crippen molar-refractivity contribution in [3.8, 4) is 5.75 Å². The molecule has 0 saturated heterocycles. The van der Waals surface area contributed by atoms with Gasteiger partial charge in [0, 0.05) is 31.0 Å². The van der Waals surface area contributed by atoms with Gasteiger partial charge >= 0.3 is 0 Å². The van der Waals surface area contributed by atoms with Crippen molar-refractivity contribution < 1.29 is 9.26 Å². The number of rotatable bonds is 9. The molecule has 0 radical (unpaired) electrons. The van der Waals surface area contributed by atoms with Crippen LogP contribution in [0.5, 0.6) is 5.75 Å². The quantitative estimate of drug-likeness (QED) is 0.244. The summed E-state index contributed by atoms with van der Waals surface area (Å²) in [4.78, 5) is 9.02. The van der Waals surface area contributed by atoms with Gasteiger partial charge in [-0.25, -0.2) is 4.99 Å². The number of nitrogens with zero attached hydrogens (tertiary/aromatic N) is 3. The molecule has 7 nitrogen and oxygen atoms in total. The molecule has 0 spiro atoms. The molecule has 2 aromatic rings. The molecule has 1 heterocycles. The van der Waals surface area contributed by atoms with Gasteiger partial charge in [0.05, 0.1) is 13.7 Å². The first-order valence-electron chi connectivity index (χ1n) is 9.10. The van der Waals surface area contributed by atoms with Gasteiger partial charge < -0.3 is 19.9 Å². The molecular formula is C19H30IN5O2. The average Bonchev–Trinajstić information content (AvgIpc) is 3.12. The number of halogens is 1. The molecule has 0 unspecified atom stereocenters. The Kier molecular flexibility index (Phi) is 10.8. The van der Waals surface area contributed by atoms with Gasteiger partial charge in [0.1, 0.15) is 5.75 Å². The Bertz CT molecular complexity index is 703. The molecule has 0 atom stereocenters. The van der Waals surface area contributed by atoms with E-state index in [1.165, 1.54) is 0 Å². The van der Waals surface area contributed by atoms with Crippen LogP contribution >= 0.6 is 24.0 Å². The van der Waals surface area contributed by atoms with Crippen molar-refractivity contribution in [2.75, 3.05) is 20.2 Å². The number of para-hydroxylation sites is 1. The first-order chi connectivity index (χ1) is 12.6. The number of benzene rings is 1. The second-order valence-corrected chi connectivity index (χ2v) is 6.24. The first kappa shape index (κ1) is 23.2. The summed E-state index contributed by atoms with van der Waals surface area (Å²) < 4.78 is 10.6. The Balaban J connectivity index is 0.00000364. The van der Waals surface area contributed by atoms with Crippen molar-refractivity contribution >= 4 is 29.9 Å². The van der Waals surface area contributed by atoms with E-state index >= 15 is 0 Å². The number of ether oxygens (including phenoxy) is 1. The molecule has 2 N–H and O–H groups in total. The van der Waals surface area contributed by atoms with Crippen molar-refractivity contribution in [2.45, 2.75) is 46.1 Å². The zero-order chi connectivity index (χ0) is 18.8. The largest absolute Gasteiger partial charge is 0.496 e. The fourth-order valence-electron chi connectivity index (χ4n) is 2.39. The third-order valence-corrected chi connectivity index (χ3v) is 3.80. The van der Waals surface area contributed by atoms with Crippen LogP contribution in [0.25, 0.3) is 0 Å². The lowest BCUT2D eigenvalue weighted by atomic mass is 10.2. The van der Waals surface area contributed by atoms with Gasteiger partial charge in [0.15, 0.2) is 11.8 Å². The van der Waals surface area contributed by atoms with Crippen LogP contribution in [0.15, 0.2) is 33.8 Å². The van der Waals surface area contributed by atoms with Gasteiger partial charge in [-0.2, -0.15) is 4.98 Å². The van der Waals surface area contributed by atoms with E-state index in [0.717, 1.165) is 49.0 Å². The molecule has 1 aromatic heterocycles. The number of nitrogens with one attached hydrogen (secondary N) is 2. The van der Waals surface area contributed by atoms with E-state index < -0.39 is 0 Å². The molecular weight excluding hydrogens is 457 g/mol. The molecule has 0 fully saturated rings. The molecule has 0 bridgehead atoms. The lowest BCUT2D eigenvalue weighted by molar-refractivity contribution is 0.368. The molecule has 0 aliphatic carbocycles. The maximum atomic E-state index is 5.37. The second-order valence-electron chi connectivity index (χ2n) is 6.24. The molecule has 8 heteroatoms. The highest BCUT2D eigenvalue weighted by atomic mass is 127. The molecule has 2 rings (SSSR count). The van der Waals surface area contributed by atoms with Crippen molar-refractivity contribution in [1.29, 1.82) is 0 Å². The molecule has 0 saturated carbocycles. The van der Waals surface area contributed by atoms with E-state index in [9.17, 15) is 0 Å². The standard InChI is InChI=1S/C19H29N5O2.HI/c1-5-20-19(22-13-15-9-6-7-10-16(15)25-4)21-12-8-11-17-23-18(14(2)3)24-26-17;/h6-7,9-10,14H,5,8,11-13H2,1-4H3,(H2,20,21,22);1H. The number of aromatic nitrogens is 2. The van der Waals surface area contributed by atoms with Gasteiger partial charge in [-0.1, -0.05) is 37.2 Å². The number of hydrogen-bond donors (Lipinski definition) is 2. The lowest BCUT2D eigenvalue weighted by Gasteiger charge is -2.11. The highest BCUT2D eigenvalue weighted by molar-refractivity contribution is 14.0. The summed E-state index contributed by atoms with van der Waals surface area (Å²) in [5.41, 5.74) is 1.05. The number of methoxy groups -OCH3 is 1. The molecule has 1 aromatic carbocycles. The summed E-state index contributed by atoms with van der Waals surface area (Å²) in [6.07, 6.45) is 1.64. The van der Waals surface area contributed by atoms with Crippen molar-refractivity contribution in [3.63, 3.8) is 0 Å². The van der Waals surface area contributed by atoms with Gasteiger partial charge in [-0.15, -0.1) is 24.0 Å². The van der Waals surface area contributed by atoms with Crippen LogP contribution in [-0.4, -0.2) is 36.3 Å². The monoisotopic (exact) mass is 487 g/mol. The molecule has 0 aliphatic rings. The van der Waals surface area contributed by atoms with Crippen LogP contribution in [0.4, 0.5) is 0 Å². The van der Waals surface area contributed by atoms with Crippen LogP contribution in [0.3, 0.4) is 0 Å². The summed E-state index contributed by atoms with van der Waals surface area (Å²) in [5.74, 6) is 3.37.